The molecule has 1 nitrogen and oxygen atoms in total. The molecule has 5 heteroatoms. The summed E-state index contributed by atoms with van der Waals surface area (Å²) in [5, 5.41) is 0. The summed E-state index contributed by atoms with van der Waals surface area (Å²) in [6, 6.07) is -0.0743. The summed E-state index contributed by atoms with van der Waals surface area (Å²) in [4.78, 5) is 0. The molecule has 0 rings (SSSR count). The summed E-state index contributed by atoms with van der Waals surface area (Å²) in [6.07, 6.45) is -1.35. The molecule has 1 atom stereocenters. The molecular formula is C8H16F3NS. The van der Waals surface area contributed by atoms with E-state index in [0.29, 0.717) is 6.42 Å². The first kappa shape index (κ1) is 13.1. The predicted octanol–water partition coefficient (Wildman–Crippen LogP) is 2.80. The molecule has 0 spiro atoms. The third-order valence-electron chi connectivity index (χ3n) is 1.73. The number of hydrogen-bond donors (Lipinski definition) is 1. The average Bonchev–Trinajstić information content (AvgIpc) is 1.98. The number of nitrogens with two attached hydrogens (primary N) is 1. The van der Waals surface area contributed by atoms with Gasteiger partial charge < -0.3 is 5.73 Å². The maximum absolute atomic E-state index is 11.7. The average molecular weight is 215 g/mol. The van der Waals surface area contributed by atoms with Crippen LogP contribution in [-0.4, -0.2) is 24.2 Å². The monoisotopic (exact) mass is 215 g/mol. The molecule has 0 aromatic rings. The second kappa shape index (κ2) is 6.54. The van der Waals surface area contributed by atoms with Crippen LogP contribution in [-0.2, 0) is 0 Å². The van der Waals surface area contributed by atoms with Gasteiger partial charge in [0.05, 0.1) is 0 Å². The van der Waals surface area contributed by atoms with E-state index in [9.17, 15) is 13.2 Å². The van der Waals surface area contributed by atoms with E-state index in [0.717, 1.165) is 12.2 Å². The van der Waals surface area contributed by atoms with Crippen molar-refractivity contribution in [2.24, 2.45) is 5.73 Å². The van der Waals surface area contributed by atoms with Crippen molar-refractivity contribution < 1.29 is 13.2 Å². The van der Waals surface area contributed by atoms with E-state index in [1.165, 1.54) is 0 Å². The van der Waals surface area contributed by atoms with E-state index < -0.39 is 12.6 Å². The van der Waals surface area contributed by atoms with Gasteiger partial charge >= 0.3 is 6.18 Å². The highest BCUT2D eigenvalue weighted by Gasteiger charge is 2.26. The first-order chi connectivity index (χ1) is 5.95. The number of halogens is 3. The van der Waals surface area contributed by atoms with Crippen molar-refractivity contribution in [2.75, 3.05) is 12.0 Å². The number of hydrogen-bond acceptors (Lipinski definition) is 2. The van der Waals surface area contributed by atoms with Crippen LogP contribution < -0.4 is 5.73 Å². The first-order valence-corrected chi connectivity index (χ1v) is 5.66. The van der Waals surface area contributed by atoms with Crippen LogP contribution in [0.4, 0.5) is 13.2 Å². The Labute approximate surface area is 81.3 Å². The van der Waals surface area contributed by atoms with E-state index in [1.807, 2.05) is 6.26 Å². The molecule has 0 saturated carbocycles. The lowest BCUT2D eigenvalue weighted by atomic mass is 10.1. The minimum absolute atomic E-state index is 0.0743. The van der Waals surface area contributed by atoms with Crippen molar-refractivity contribution in [3.63, 3.8) is 0 Å². The van der Waals surface area contributed by atoms with Crippen molar-refractivity contribution in [1.29, 1.82) is 0 Å². The van der Waals surface area contributed by atoms with E-state index in [4.69, 9.17) is 5.73 Å². The van der Waals surface area contributed by atoms with Crippen molar-refractivity contribution in [3.05, 3.63) is 0 Å². The Hall–Kier alpha value is 0.100. The van der Waals surface area contributed by atoms with E-state index in [-0.39, 0.29) is 12.5 Å². The lowest BCUT2D eigenvalue weighted by Crippen LogP contribution is -2.21. The van der Waals surface area contributed by atoms with Gasteiger partial charge in [0.25, 0.3) is 0 Å². The molecule has 0 saturated heterocycles. The van der Waals surface area contributed by atoms with Gasteiger partial charge in [-0.15, -0.1) is 0 Å². The van der Waals surface area contributed by atoms with Crippen molar-refractivity contribution in [2.45, 2.75) is 37.9 Å². The summed E-state index contributed by atoms with van der Waals surface area (Å²) < 4.78 is 35.1. The van der Waals surface area contributed by atoms with Crippen molar-refractivity contribution >= 4 is 11.8 Å². The lowest BCUT2D eigenvalue weighted by molar-refractivity contribution is -0.135. The lowest BCUT2D eigenvalue weighted by Gasteiger charge is -2.11. The van der Waals surface area contributed by atoms with Crippen LogP contribution in [0, 0.1) is 0 Å². The fourth-order valence-electron chi connectivity index (χ4n) is 0.978. The molecule has 0 aromatic carbocycles. The molecule has 80 valence electrons. The Morgan fingerprint density at radius 2 is 1.92 bits per heavy atom. The van der Waals surface area contributed by atoms with Gasteiger partial charge in [-0.25, -0.2) is 0 Å². The summed E-state index contributed by atoms with van der Waals surface area (Å²) in [7, 11) is 0. The Kier molecular flexibility index (Phi) is 6.59. The smallest absolute Gasteiger partial charge is 0.328 e. The maximum Gasteiger partial charge on any atom is 0.389 e. The summed E-state index contributed by atoms with van der Waals surface area (Å²) >= 11 is 1.67. The van der Waals surface area contributed by atoms with Gasteiger partial charge in [-0.1, -0.05) is 0 Å². The normalized spacial score (nSPS) is 14.5. The fraction of sp³-hybridized carbons (Fsp3) is 1.00. The topological polar surface area (TPSA) is 26.0 Å². The number of alkyl halides is 3. The van der Waals surface area contributed by atoms with Gasteiger partial charge in [-0.3, -0.25) is 0 Å². The van der Waals surface area contributed by atoms with Crippen molar-refractivity contribution in [1.82, 2.24) is 0 Å². The zero-order valence-corrected chi connectivity index (χ0v) is 8.55. The minimum atomic E-state index is -4.03. The van der Waals surface area contributed by atoms with Gasteiger partial charge in [0.1, 0.15) is 0 Å². The van der Waals surface area contributed by atoms with Crippen LogP contribution in [0.25, 0.3) is 0 Å². The molecule has 0 fully saturated rings. The summed E-state index contributed by atoms with van der Waals surface area (Å²) in [5.74, 6) is 0.924. The van der Waals surface area contributed by atoms with Crippen LogP contribution >= 0.6 is 11.8 Å². The van der Waals surface area contributed by atoms with Gasteiger partial charge in [0, 0.05) is 12.5 Å². The maximum atomic E-state index is 11.7. The highest BCUT2D eigenvalue weighted by molar-refractivity contribution is 7.98. The molecule has 0 heterocycles. The zero-order chi connectivity index (χ0) is 10.3. The van der Waals surface area contributed by atoms with Gasteiger partial charge in [-0.2, -0.15) is 24.9 Å². The molecule has 0 aliphatic rings. The second-order valence-electron chi connectivity index (χ2n) is 3.05. The summed E-state index contributed by atoms with van der Waals surface area (Å²) in [5.41, 5.74) is 5.61. The molecule has 0 bridgehead atoms. The molecule has 0 aromatic heterocycles. The SMILES string of the molecule is CSCCC(N)CCCC(F)(F)F. The molecule has 13 heavy (non-hydrogen) atoms. The van der Waals surface area contributed by atoms with Crippen LogP contribution in [0.1, 0.15) is 25.7 Å². The molecule has 0 radical (unpaired) electrons. The first-order valence-electron chi connectivity index (χ1n) is 4.27. The fourth-order valence-corrected chi connectivity index (χ4v) is 1.52. The molecule has 0 aliphatic carbocycles. The molecule has 0 amide bonds. The Bertz CT molecular complexity index is 127. The molecular weight excluding hydrogens is 199 g/mol. The standard InChI is InChI=1S/C8H16F3NS/c1-13-6-4-7(12)3-2-5-8(9,10)11/h7H,2-6,12H2,1H3. The third-order valence-corrected chi connectivity index (χ3v) is 2.37. The molecule has 1 unspecified atom stereocenters. The second-order valence-corrected chi connectivity index (χ2v) is 4.03. The Morgan fingerprint density at radius 1 is 1.31 bits per heavy atom. The van der Waals surface area contributed by atoms with E-state index in [1.54, 1.807) is 11.8 Å². The highest BCUT2D eigenvalue weighted by Crippen LogP contribution is 2.22. The largest absolute Gasteiger partial charge is 0.389 e. The minimum Gasteiger partial charge on any atom is -0.328 e. The highest BCUT2D eigenvalue weighted by atomic mass is 32.2. The Balaban J connectivity index is 3.31. The predicted molar refractivity (Wildman–Crippen MR) is 50.9 cm³/mol. The zero-order valence-electron chi connectivity index (χ0n) is 7.73. The van der Waals surface area contributed by atoms with Gasteiger partial charge in [0.15, 0.2) is 0 Å². The number of rotatable bonds is 6. The quantitative estimate of drug-likeness (QED) is 0.737. The summed E-state index contributed by atoms with van der Waals surface area (Å²) in [6.45, 7) is 0. The Morgan fingerprint density at radius 3 is 2.38 bits per heavy atom. The van der Waals surface area contributed by atoms with Crippen LogP contribution in [0.2, 0.25) is 0 Å². The number of thioether (sulfide) groups is 1. The van der Waals surface area contributed by atoms with E-state index >= 15 is 0 Å². The molecule has 0 aliphatic heterocycles. The third kappa shape index (κ3) is 10.0. The van der Waals surface area contributed by atoms with Crippen LogP contribution in [0.15, 0.2) is 0 Å². The van der Waals surface area contributed by atoms with Crippen LogP contribution in [0.5, 0.6) is 0 Å². The van der Waals surface area contributed by atoms with Crippen LogP contribution in [0.3, 0.4) is 0 Å². The van der Waals surface area contributed by atoms with Gasteiger partial charge in [0.2, 0.25) is 0 Å². The molecule has 2 N–H and O–H groups in total. The van der Waals surface area contributed by atoms with Crippen molar-refractivity contribution in [3.8, 4) is 0 Å². The van der Waals surface area contributed by atoms with E-state index in [2.05, 4.69) is 0 Å². The van der Waals surface area contributed by atoms with Gasteiger partial charge in [-0.05, 0) is 31.3 Å².